The lowest BCUT2D eigenvalue weighted by Gasteiger charge is -2.03. The van der Waals surface area contributed by atoms with Crippen molar-refractivity contribution in [2.45, 2.75) is 0 Å². The number of carbonyl (C=O) groups excluding carboxylic acids is 1. The average molecular weight is 325 g/mol. The lowest BCUT2D eigenvalue weighted by Crippen LogP contribution is -2.18. The molecule has 0 aromatic heterocycles. The Hall–Kier alpha value is -2.24. The highest BCUT2D eigenvalue weighted by molar-refractivity contribution is 6.36. The summed E-state index contributed by atoms with van der Waals surface area (Å²) in [7, 11) is 0. The van der Waals surface area contributed by atoms with Crippen LogP contribution in [-0.4, -0.2) is 22.3 Å². The predicted octanol–water partition coefficient (Wildman–Crippen LogP) is 3.17. The Morgan fingerprint density at radius 2 is 1.86 bits per heavy atom. The molecule has 0 heterocycles. The Morgan fingerprint density at radius 3 is 2.52 bits per heavy atom. The van der Waals surface area contributed by atoms with Crippen molar-refractivity contribution in [1.29, 1.82) is 0 Å². The van der Waals surface area contributed by atoms with Gasteiger partial charge in [-0.2, -0.15) is 5.10 Å². The van der Waals surface area contributed by atoms with Crippen molar-refractivity contribution >= 4 is 35.3 Å². The van der Waals surface area contributed by atoms with Crippen molar-refractivity contribution in [2.24, 2.45) is 5.10 Å². The molecule has 7 heteroatoms. The Bertz CT molecular complexity index is 717. The molecule has 0 saturated heterocycles. The van der Waals surface area contributed by atoms with Crippen LogP contribution in [0.25, 0.3) is 0 Å². The maximum atomic E-state index is 11.8. The molecule has 5 nitrogen and oxygen atoms in total. The van der Waals surface area contributed by atoms with Gasteiger partial charge in [0.05, 0.1) is 16.8 Å². The first-order valence-electron chi connectivity index (χ1n) is 5.78. The predicted molar refractivity (Wildman–Crippen MR) is 81.3 cm³/mol. The van der Waals surface area contributed by atoms with E-state index in [1.807, 2.05) is 0 Å². The third-order valence-electron chi connectivity index (χ3n) is 2.55. The van der Waals surface area contributed by atoms with Crippen LogP contribution in [0.5, 0.6) is 11.5 Å². The zero-order valence-corrected chi connectivity index (χ0v) is 12.1. The van der Waals surface area contributed by atoms with Crippen molar-refractivity contribution < 1.29 is 15.0 Å². The number of rotatable bonds is 3. The molecule has 0 saturated carbocycles. The minimum Gasteiger partial charge on any atom is -0.504 e. The number of hydrogen-bond donors (Lipinski definition) is 3. The Labute approximate surface area is 130 Å². The minimum atomic E-state index is -0.490. The first kappa shape index (κ1) is 15.2. The summed E-state index contributed by atoms with van der Waals surface area (Å²) in [6.45, 7) is 0. The molecule has 0 atom stereocenters. The highest BCUT2D eigenvalue weighted by Gasteiger charge is 2.09. The molecule has 108 valence electrons. The molecular formula is C14H10Cl2N2O3. The number of amides is 1. The molecule has 0 aliphatic rings. The van der Waals surface area contributed by atoms with Crippen molar-refractivity contribution in [3.63, 3.8) is 0 Å². The summed E-state index contributed by atoms with van der Waals surface area (Å²) < 4.78 is 0. The highest BCUT2D eigenvalue weighted by atomic mass is 35.5. The summed E-state index contributed by atoms with van der Waals surface area (Å²) in [5, 5.41) is 22.9. The van der Waals surface area contributed by atoms with Gasteiger partial charge in [-0.15, -0.1) is 0 Å². The molecule has 3 N–H and O–H groups in total. The van der Waals surface area contributed by atoms with E-state index in [-0.39, 0.29) is 22.1 Å². The second kappa shape index (κ2) is 6.47. The number of aromatic hydroxyl groups is 2. The van der Waals surface area contributed by atoms with Gasteiger partial charge in [0.25, 0.3) is 5.91 Å². The van der Waals surface area contributed by atoms with E-state index in [0.717, 1.165) is 0 Å². The van der Waals surface area contributed by atoms with Crippen LogP contribution in [0, 0.1) is 0 Å². The smallest absolute Gasteiger partial charge is 0.272 e. The normalized spacial score (nSPS) is 10.8. The van der Waals surface area contributed by atoms with E-state index < -0.39 is 5.91 Å². The topological polar surface area (TPSA) is 81.9 Å². The van der Waals surface area contributed by atoms with Crippen LogP contribution < -0.4 is 5.43 Å². The second-order valence-electron chi connectivity index (χ2n) is 4.07. The molecular weight excluding hydrogens is 315 g/mol. The van der Waals surface area contributed by atoms with Gasteiger partial charge < -0.3 is 10.2 Å². The largest absolute Gasteiger partial charge is 0.504 e. The molecule has 0 spiro atoms. The minimum absolute atomic E-state index is 0.220. The molecule has 21 heavy (non-hydrogen) atoms. The monoisotopic (exact) mass is 324 g/mol. The molecule has 0 bridgehead atoms. The number of phenolic OH excluding ortho intramolecular Hbond substituents is 2. The van der Waals surface area contributed by atoms with Gasteiger partial charge in [0.2, 0.25) is 0 Å². The molecule has 0 aliphatic heterocycles. The van der Waals surface area contributed by atoms with Gasteiger partial charge in [-0.1, -0.05) is 23.2 Å². The Balaban J connectivity index is 2.06. The number of phenols is 2. The molecule has 2 aromatic rings. The maximum absolute atomic E-state index is 11.8. The van der Waals surface area contributed by atoms with Crippen molar-refractivity contribution in [1.82, 2.24) is 5.43 Å². The van der Waals surface area contributed by atoms with Gasteiger partial charge >= 0.3 is 0 Å². The third kappa shape index (κ3) is 3.87. The van der Waals surface area contributed by atoms with Gasteiger partial charge in [0.15, 0.2) is 11.5 Å². The number of nitrogens with one attached hydrogen (secondary N) is 1. The summed E-state index contributed by atoms with van der Waals surface area (Å²) in [6.07, 6.45) is 1.32. The van der Waals surface area contributed by atoms with Crippen LogP contribution in [0.4, 0.5) is 0 Å². The molecule has 2 aromatic carbocycles. The molecule has 0 fully saturated rings. The number of carbonyl (C=O) groups is 1. The lowest BCUT2D eigenvalue weighted by atomic mass is 10.2. The van der Waals surface area contributed by atoms with Crippen LogP contribution in [0.3, 0.4) is 0 Å². The van der Waals surface area contributed by atoms with Crippen LogP contribution in [0.15, 0.2) is 41.5 Å². The van der Waals surface area contributed by atoms with Gasteiger partial charge in [-0.3, -0.25) is 4.79 Å². The number of hydrogen-bond acceptors (Lipinski definition) is 4. The summed E-state index contributed by atoms with van der Waals surface area (Å²) in [6, 6.07) is 8.64. The molecule has 0 unspecified atom stereocenters. The van der Waals surface area contributed by atoms with E-state index >= 15 is 0 Å². The first-order chi connectivity index (χ1) is 9.97. The van der Waals surface area contributed by atoms with Crippen LogP contribution in [-0.2, 0) is 0 Å². The summed E-state index contributed by atoms with van der Waals surface area (Å²) in [4.78, 5) is 11.8. The summed E-state index contributed by atoms with van der Waals surface area (Å²) in [5.74, 6) is -0.994. The molecule has 2 rings (SSSR count). The Kier molecular flexibility index (Phi) is 4.67. The lowest BCUT2D eigenvalue weighted by molar-refractivity contribution is 0.0955. The quantitative estimate of drug-likeness (QED) is 0.460. The summed E-state index contributed by atoms with van der Waals surface area (Å²) in [5.41, 5.74) is 3.05. The fourth-order valence-corrected chi connectivity index (χ4v) is 2.01. The average Bonchev–Trinajstić information content (AvgIpc) is 2.42. The molecule has 1 amide bonds. The second-order valence-corrected chi connectivity index (χ2v) is 4.92. The van der Waals surface area contributed by atoms with Crippen molar-refractivity contribution in [3.05, 3.63) is 57.6 Å². The van der Waals surface area contributed by atoms with E-state index in [1.165, 1.54) is 36.5 Å². The van der Waals surface area contributed by atoms with E-state index in [0.29, 0.717) is 10.6 Å². The van der Waals surface area contributed by atoms with Gasteiger partial charge in [-0.25, -0.2) is 5.43 Å². The SMILES string of the molecule is O=C(N/N=C/c1ccc(O)c(O)c1)c1ccc(Cl)cc1Cl. The maximum Gasteiger partial charge on any atom is 0.272 e. The molecule has 0 radical (unpaired) electrons. The van der Waals surface area contributed by atoms with Crippen LogP contribution >= 0.6 is 23.2 Å². The standard InChI is InChI=1S/C14H10Cl2N2O3/c15-9-2-3-10(11(16)6-9)14(21)18-17-7-8-1-4-12(19)13(20)5-8/h1-7,19-20H,(H,18,21)/b17-7+. The van der Waals surface area contributed by atoms with Gasteiger partial charge in [0.1, 0.15) is 0 Å². The van der Waals surface area contributed by atoms with Crippen molar-refractivity contribution in [3.8, 4) is 11.5 Å². The first-order valence-corrected chi connectivity index (χ1v) is 6.53. The number of halogens is 2. The molecule has 0 aliphatic carbocycles. The number of nitrogens with zero attached hydrogens (tertiary/aromatic N) is 1. The van der Waals surface area contributed by atoms with E-state index in [2.05, 4.69) is 10.5 Å². The van der Waals surface area contributed by atoms with Crippen molar-refractivity contribution in [2.75, 3.05) is 0 Å². The van der Waals surface area contributed by atoms with E-state index in [4.69, 9.17) is 28.3 Å². The summed E-state index contributed by atoms with van der Waals surface area (Å²) >= 11 is 11.6. The fraction of sp³-hybridized carbons (Fsp3) is 0. The highest BCUT2D eigenvalue weighted by Crippen LogP contribution is 2.24. The van der Waals surface area contributed by atoms with Crippen LogP contribution in [0.2, 0.25) is 10.0 Å². The van der Waals surface area contributed by atoms with E-state index in [1.54, 1.807) is 6.07 Å². The fourth-order valence-electron chi connectivity index (χ4n) is 1.52. The Morgan fingerprint density at radius 1 is 1.10 bits per heavy atom. The van der Waals surface area contributed by atoms with Crippen LogP contribution in [0.1, 0.15) is 15.9 Å². The number of benzene rings is 2. The zero-order chi connectivity index (χ0) is 15.4. The number of hydrazone groups is 1. The zero-order valence-electron chi connectivity index (χ0n) is 10.5. The van der Waals surface area contributed by atoms with Gasteiger partial charge in [-0.05, 0) is 42.0 Å². The third-order valence-corrected chi connectivity index (χ3v) is 3.10. The van der Waals surface area contributed by atoms with E-state index in [9.17, 15) is 9.90 Å². The van der Waals surface area contributed by atoms with Gasteiger partial charge in [0, 0.05) is 5.02 Å².